The van der Waals surface area contributed by atoms with E-state index in [1.54, 1.807) is 50.2 Å². The number of ether oxygens (including phenoxy) is 2. The van der Waals surface area contributed by atoms with Crippen molar-refractivity contribution in [2.75, 3.05) is 25.8 Å². The van der Waals surface area contributed by atoms with Crippen molar-refractivity contribution in [2.24, 2.45) is 5.41 Å². The highest BCUT2D eigenvalue weighted by Gasteiger charge is 2.81. The number of thioether (sulfide) groups is 1. The third-order valence-electron chi connectivity index (χ3n) is 8.89. The van der Waals surface area contributed by atoms with Gasteiger partial charge in [-0.2, -0.15) is 0 Å². The van der Waals surface area contributed by atoms with Crippen LogP contribution < -0.4 is 9.47 Å². The van der Waals surface area contributed by atoms with Crippen LogP contribution in [0.25, 0.3) is 0 Å². The number of methoxy groups -OCH3 is 2. The number of hydrogen-bond acceptors (Lipinski definition) is 7. The van der Waals surface area contributed by atoms with Crippen molar-refractivity contribution >= 4 is 29.1 Å². The molecule has 2 aliphatic carbocycles. The highest BCUT2D eigenvalue weighted by molar-refractivity contribution is 7.99. The van der Waals surface area contributed by atoms with Gasteiger partial charge >= 0.3 is 0 Å². The average Bonchev–Trinajstić information content (AvgIpc) is 3.63. The second-order valence-corrected chi connectivity index (χ2v) is 11.2. The third kappa shape index (κ3) is 2.54. The van der Waals surface area contributed by atoms with Gasteiger partial charge in [-0.1, -0.05) is 48.5 Å². The van der Waals surface area contributed by atoms with Crippen molar-refractivity contribution in [1.29, 1.82) is 0 Å². The lowest BCUT2D eigenvalue weighted by molar-refractivity contribution is 0.0319. The molecule has 0 N–H and O–H groups in total. The minimum Gasteiger partial charge on any atom is -0.497 e. The van der Waals surface area contributed by atoms with Crippen LogP contribution in [-0.4, -0.2) is 59.7 Å². The zero-order chi connectivity index (χ0) is 25.5. The number of fused-ring (bicyclic) bond motifs is 5. The molecular weight excluding hydrogens is 486 g/mol. The van der Waals surface area contributed by atoms with Crippen LogP contribution in [0.3, 0.4) is 0 Å². The van der Waals surface area contributed by atoms with Gasteiger partial charge in [-0.25, -0.2) is 0 Å². The van der Waals surface area contributed by atoms with Crippen LogP contribution in [-0.2, 0) is 6.42 Å². The van der Waals surface area contributed by atoms with Crippen LogP contribution in [0.15, 0.2) is 66.7 Å². The second-order valence-electron chi connectivity index (χ2n) is 10.2. The average molecular weight is 512 g/mol. The predicted molar refractivity (Wildman–Crippen MR) is 140 cm³/mol. The molecule has 2 spiro atoms. The Kier molecular flexibility index (Phi) is 4.79. The van der Waals surface area contributed by atoms with Gasteiger partial charge in [0.25, 0.3) is 0 Å². The molecule has 2 saturated heterocycles. The number of carbonyl (C=O) groups is 3. The Hall–Kier alpha value is -3.42. The Morgan fingerprint density at radius 2 is 1.51 bits per heavy atom. The van der Waals surface area contributed by atoms with Gasteiger partial charge in [0.1, 0.15) is 11.5 Å². The fourth-order valence-electron chi connectivity index (χ4n) is 7.54. The second kappa shape index (κ2) is 7.79. The molecule has 186 valence electrons. The smallest absolute Gasteiger partial charge is 0.192 e. The van der Waals surface area contributed by atoms with Crippen molar-refractivity contribution in [2.45, 2.75) is 23.9 Å². The Morgan fingerprint density at radius 3 is 2.16 bits per heavy atom. The molecule has 0 amide bonds. The Balaban J connectivity index is 1.58. The number of ketones is 3. The fraction of sp³-hybridized carbons (Fsp3) is 0.300. The molecule has 6 nitrogen and oxygen atoms in total. The van der Waals surface area contributed by atoms with Gasteiger partial charge in [-0.05, 0) is 30.2 Å². The monoisotopic (exact) mass is 511 g/mol. The van der Waals surface area contributed by atoms with Gasteiger partial charge in [-0.3, -0.25) is 19.3 Å². The van der Waals surface area contributed by atoms with Crippen LogP contribution in [0.2, 0.25) is 0 Å². The topological polar surface area (TPSA) is 72.9 Å². The van der Waals surface area contributed by atoms with Gasteiger partial charge in [0.2, 0.25) is 0 Å². The van der Waals surface area contributed by atoms with E-state index < -0.39 is 16.9 Å². The van der Waals surface area contributed by atoms with E-state index in [-0.39, 0.29) is 23.4 Å². The zero-order valence-corrected chi connectivity index (χ0v) is 21.3. The molecule has 0 radical (unpaired) electrons. The maximum Gasteiger partial charge on any atom is 0.192 e. The van der Waals surface area contributed by atoms with Crippen LogP contribution in [0.1, 0.15) is 48.1 Å². The Bertz CT molecular complexity index is 1480. The molecule has 0 bridgehead atoms. The van der Waals surface area contributed by atoms with E-state index in [9.17, 15) is 14.4 Å². The number of Topliss-reactive ketones (excluding diaryl/α,β-unsaturated/α-hetero) is 3. The first-order chi connectivity index (χ1) is 18.0. The number of rotatable bonds is 3. The molecule has 2 aliphatic heterocycles. The van der Waals surface area contributed by atoms with Crippen LogP contribution >= 0.6 is 11.8 Å². The summed E-state index contributed by atoms with van der Waals surface area (Å²) in [5, 5.41) is 0. The maximum atomic E-state index is 14.8. The summed E-state index contributed by atoms with van der Waals surface area (Å²) in [6, 6.07) is 20.0. The van der Waals surface area contributed by atoms with Crippen LogP contribution in [0.4, 0.5) is 0 Å². The van der Waals surface area contributed by atoms with Gasteiger partial charge < -0.3 is 9.47 Å². The Morgan fingerprint density at radius 1 is 0.838 bits per heavy atom. The molecular formula is C30H25NO5S. The van der Waals surface area contributed by atoms with Gasteiger partial charge in [-0.15, -0.1) is 11.8 Å². The highest BCUT2D eigenvalue weighted by atomic mass is 32.2. The van der Waals surface area contributed by atoms with Crippen molar-refractivity contribution in [3.63, 3.8) is 0 Å². The summed E-state index contributed by atoms with van der Waals surface area (Å²) in [4.78, 5) is 46.0. The molecule has 3 aromatic carbocycles. The quantitative estimate of drug-likeness (QED) is 0.482. The van der Waals surface area contributed by atoms with Crippen LogP contribution in [0, 0.1) is 5.41 Å². The molecule has 2 heterocycles. The number of benzene rings is 3. The first-order valence-electron chi connectivity index (χ1n) is 12.4. The predicted octanol–water partition coefficient (Wildman–Crippen LogP) is 4.42. The molecule has 3 atom stereocenters. The summed E-state index contributed by atoms with van der Waals surface area (Å²) in [7, 11) is 3.21. The largest absolute Gasteiger partial charge is 0.497 e. The minimum absolute atomic E-state index is 0.133. The Labute approximate surface area is 218 Å². The SMILES string of the molecule is COc1ccc(OC)c(C2C3CSCN3C3(C(=O)c4ccccc4C3=O)C23Cc2ccccc2C3=O)c1. The summed E-state index contributed by atoms with van der Waals surface area (Å²) in [6.07, 6.45) is 0.316. The van der Waals surface area contributed by atoms with Gasteiger partial charge in [0, 0.05) is 45.8 Å². The third-order valence-corrected chi connectivity index (χ3v) is 9.93. The number of nitrogens with zero attached hydrogens (tertiary/aromatic N) is 1. The zero-order valence-electron chi connectivity index (χ0n) is 20.5. The molecule has 3 unspecified atom stereocenters. The summed E-state index contributed by atoms with van der Waals surface area (Å²) in [5.74, 6) is 1.37. The van der Waals surface area contributed by atoms with Crippen molar-refractivity contribution < 1.29 is 23.9 Å². The maximum absolute atomic E-state index is 14.8. The summed E-state index contributed by atoms with van der Waals surface area (Å²) >= 11 is 1.70. The summed E-state index contributed by atoms with van der Waals surface area (Å²) < 4.78 is 11.4. The van der Waals surface area contributed by atoms with Crippen molar-refractivity contribution in [3.05, 3.63) is 94.5 Å². The van der Waals surface area contributed by atoms with Gasteiger partial charge in [0.15, 0.2) is 22.9 Å². The highest BCUT2D eigenvalue weighted by Crippen LogP contribution is 2.68. The van der Waals surface area contributed by atoms with E-state index in [2.05, 4.69) is 4.90 Å². The van der Waals surface area contributed by atoms with Crippen LogP contribution in [0.5, 0.6) is 11.5 Å². The van der Waals surface area contributed by atoms with E-state index in [0.29, 0.717) is 46.2 Å². The van der Waals surface area contributed by atoms with E-state index in [4.69, 9.17) is 9.47 Å². The molecule has 7 heteroatoms. The van der Waals surface area contributed by atoms with E-state index in [1.165, 1.54) is 0 Å². The first-order valence-corrected chi connectivity index (χ1v) is 13.5. The van der Waals surface area contributed by atoms with E-state index >= 15 is 0 Å². The molecule has 7 rings (SSSR count). The van der Waals surface area contributed by atoms with Crippen molar-refractivity contribution in [3.8, 4) is 11.5 Å². The minimum atomic E-state index is -1.61. The molecule has 4 aliphatic rings. The summed E-state index contributed by atoms with van der Waals surface area (Å²) in [6.45, 7) is 0. The number of hydrogen-bond donors (Lipinski definition) is 0. The van der Waals surface area contributed by atoms with E-state index in [1.807, 2.05) is 42.5 Å². The standard InChI is InChI=1S/C30H25NO5S/c1-35-18-11-12-24(36-2)22(13-18)25-23-15-37-16-31(23)30(27(33)20-9-5-6-10-21(20)28(30)34)29(25)14-17-7-3-4-8-19(17)26(29)32/h3-13,23,25H,14-16H2,1-2H3. The molecule has 2 fully saturated rings. The molecule has 0 saturated carbocycles. The molecule has 37 heavy (non-hydrogen) atoms. The van der Waals surface area contributed by atoms with Gasteiger partial charge in [0.05, 0.1) is 19.6 Å². The summed E-state index contributed by atoms with van der Waals surface area (Å²) in [5.41, 5.74) is 0.167. The van der Waals surface area contributed by atoms with Crippen molar-refractivity contribution in [1.82, 2.24) is 4.90 Å². The first kappa shape index (κ1) is 22.8. The number of carbonyl (C=O) groups excluding carboxylic acids is 3. The lowest BCUT2D eigenvalue weighted by Crippen LogP contribution is -2.64. The lowest BCUT2D eigenvalue weighted by Gasteiger charge is -2.43. The fourth-order valence-corrected chi connectivity index (χ4v) is 8.84. The lowest BCUT2D eigenvalue weighted by atomic mass is 9.58. The molecule has 3 aromatic rings. The normalized spacial score (nSPS) is 27.1. The molecule has 0 aromatic heterocycles. The van der Waals surface area contributed by atoms with E-state index in [0.717, 1.165) is 11.1 Å².